The first kappa shape index (κ1) is 8.72. The number of nitriles is 1. The lowest BCUT2D eigenvalue weighted by atomic mass is 9.98. The van der Waals surface area contributed by atoms with Gasteiger partial charge in [-0.1, -0.05) is 0 Å². The van der Waals surface area contributed by atoms with E-state index in [4.69, 9.17) is 5.26 Å². The summed E-state index contributed by atoms with van der Waals surface area (Å²) in [7, 11) is 1.26. The van der Waals surface area contributed by atoms with E-state index in [0.717, 1.165) is 0 Å². The molecular weight excluding hydrogens is 158 g/mol. The van der Waals surface area contributed by atoms with Gasteiger partial charge in [0.2, 0.25) is 0 Å². The highest BCUT2D eigenvalue weighted by Crippen LogP contribution is 2.29. The van der Waals surface area contributed by atoms with Crippen LogP contribution in [0.2, 0.25) is 0 Å². The van der Waals surface area contributed by atoms with E-state index in [9.17, 15) is 9.59 Å². The molecule has 2 atom stereocenters. The number of carbonyl (C=O) groups is 2. The van der Waals surface area contributed by atoms with Gasteiger partial charge in [-0.15, -0.1) is 0 Å². The molecule has 0 amide bonds. The van der Waals surface area contributed by atoms with Crippen LogP contribution < -0.4 is 0 Å². The first-order valence-electron chi connectivity index (χ1n) is 3.68. The smallest absolute Gasteiger partial charge is 0.310 e. The number of ketones is 1. The van der Waals surface area contributed by atoms with Crippen molar-refractivity contribution >= 4 is 11.8 Å². The van der Waals surface area contributed by atoms with Crippen molar-refractivity contribution in [1.29, 1.82) is 5.26 Å². The van der Waals surface area contributed by atoms with Gasteiger partial charge in [0.15, 0.2) is 0 Å². The maximum atomic E-state index is 11.0. The molecule has 1 aliphatic rings. The number of esters is 1. The summed E-state index contributed by atoms with van der Waals surface area (Å²) < 4.78 is 4.47. The van der Waals surface area contributed by atoms with Crippen LogP contribution in [0.4, 0.5) is 0 Å². The number of ether oxygens (including phenoxy) is 1. The third-order valence-corrected chi connectivity index (χ3v) is 2.05. The lowest BCUT2D eigenvalue weighted by molar-refractivity contribution is -0.146. The van der Waals surface area contributed by atoms with Crippen LogP contribution in [-0.2, 0) is 14.3 Å². The van der Waals surface area contributed by atoms with Crippen molar-refractivity contribution in [3.63, 3.8) is 0 Å². The van der Waals surface area contributed by atoms with Gasteiger partial charge in [0.1, 0.15) is 5.78 Å². The molecule has 0 radical (unpaired) electrons. The van der Waals surface area contributed by atoms with E-state index in [1.54, 1.807) is 0 Å². The second-order valence-corrected chi connectivity index (χ2v) is 2.81. The molecule has 0 aromatic carbocycles. The summed E-state index contributed by atoms with van der Waals surface area (Å²) in [6.07, 6.45) is 0.348. The van der Waals surface area contributed by atoms with Gasteiger partial charge in [-0.2, -0.15) is 5.26 Å². The quantitative estimate of drug-likeness (QED) is 0.526. The van der Waals surface area contributed by atoms with Gasteiger partial charge in [-0.05, 0) is 0 Å². The second-order valence-electron chi connectivity index (χ2n) is 2.81. The van der Waals surface area contributed by atoms with Crippen molar-refractivity contribution in [2.75, 3.05) is 7.11 Å². The maximum Gasteiger partial charge on any atom is 0.310 e. The molecule has 0 unspecified atom stereocenters. The lowest BCUT2D eigenvalue weighted by Gasteiger charge is -2.07. The minimum Gasteiger partial charge on any atom is -0.469 e. The van der Waals surface area contributed by atoms with Gasteiger partial charge in [0, 0.05) is 12.8 Å². The van der Waals surface area contributed by atoms with Gasteiger partial charge in [0.25, 0.3) is 0 Å². The fraction of sp³-hybridized carbons (Fsp3) is 0.625. The van der Waals surface area contributed by atoms with Crippen LogP contribution in [0.25, 0.3) is 0 Å². The Bertz CT molecular complexity index is 254. The first-order valence-corrected chi connectivity index (χ1v) is 3.68. The molecule has 0 aromatic heterocycles. The standard InChI is InChI=1S/C8H9NO3/c1-12-8(11)7-3-6(10)2-5(7)4-9/h5,7H,2-3H2,1H3/t5-,7-/m1/s1. The van der Waals surface area contributed by atoms with Crippen molar-refractivity contribution in [3.05, 3.63) is 0 Å². The van der Waals surface area contributed by atoms with Crippen molar-refractivity contribution in [2.24, 2.45) is 11.8 Å². The lowest BCUT2D eigenvalue weighted by Crippen LogP contribution is -2.19. The van der Waals surface area contributed by atoms with Gasteiger partial charge in [0.05, 0.1) is 25.0 Å². The monoisotopic (exact) mass is 167 g/mol. The van der Waals surface area contributed by atoms with Crippen LogP contribution in [0.3, 0.4) is 0 Å². The average molecular weight is 167 g/mol. The Morgan fingerprint density at radius 3 is 2.83 bits per heavy atom. The fourth-order valence-electron chi connectivity index (χ4n) is 1.39. The molecule has 4 nitrogen and oxygen atoms in total. The summed E-state index contributed by atoms with van der Waals surface area (Å²) in [6.45, 7) is 0. The number of methoxy groups -OCH3 is 1. The predicted molar refractivity (Wildman–Crippen MR) is 38.9 cm³/mol. The van der Waals surface area contributed by atoms with Crippen LogP contribution in [-0.4, -0.2) is 18.9 Å². The molecule has 1 aliphatic carbocycles. The molecule has 0 aliphatic heterocycles. The Morgan fingerprint density at radius 1 is 1.67 bits per heavy atom. The molecule has 1 rings (SSSR count). The normalized spacial score (nSPS) is 28.2. The van der Waals surface area contributed by atoms with Crippen LogP contribution >= 0.6 is 0 Å². The van der Waals surface area contributed by atoms with E-state index >= 15 is 0 Å². The van der Waals surface area contributed by atoms with Crippen molar-refractivity contribution < 1.29 is 14.3 Å². The Morgan fingerprint density at radius 2 is 2.33 bits per heavy atom. The molecule has 0 N–H and O–H groups in total. The molecule has 0 heterocycles. The Kier molecular flexibility index (Phi) is 2.44. The van der Waals surface area contributed by atoms with Crippen LogP contribution in [0.1, 0.15) is 12.8 Å². The molecule has 12 heavy (non-hydrogen) atoms. The van der Waals surface area contributed by atoms with E-state index in [1.807, 2.05) is 6.07 Å². The van der Waals surface area contributed by atoms with Crippen molar-refractivity contribution in [2.45, 2.75) is 12.8 Å². The SMILES string of the molecule is COC(=O)[C@@H]1CC(=O)C[C@@H]1C#N. The van der Waals surface area contributed by atoms with E-state index in [0.29, 0.717) is 0 Å². The van der Waals surface area contributed by atoms with E-state index in [2.05, 4.69) is 4.74 Å². The van der Waals surface area contributed by atoms with E-state index < -0.39 is 17.8 Å². The van der Waals surface area contributed by atoms with Crippen molar-refractivity contribution in [1.82, 2.24) is 0 Å². The largest absolute Gasteiger partial charge is 0.469 e. The molecule has 0 aromatic rings. The summed E-state index contributed by atoms with van der Waals surface area (Å²) >= 11 is 0. The number of hydrogen-bond donors (Lipinski definition) is 0. The molecule has 1 fully saturated rings. The summed E-state index contributed by atoms with van der Waals surface area (Å²) in [5, 5.41) is 8.59. The topological polar surface area (TPSA) is 67.2 Å². The zero-order valence-electron chi connectivity index (χ0n) is 6.74. The third kappa shape index (κ3) is 1.45. The number of carbonyl (C=O) groups excluding carboxylic acids is 2. The number of Topliss-reactive ketones (excluding diaryl/α,β-unsaturated/α-hetero) is 1. The minimum absolute atomic E-state index is 0.0306. The van der Waals surface area contributed by atoms with Gasteiger partial charge < -0.3 is 4.74 Å². The van der Waals surface area contributed by atoms with E-state index in [-0.39, 0.29) is 18.6 Å². The number of rotatable bonds is 1. The van der Waals surface area contributed by atoms with Crippen LogP contribution in [0.5, 0.6) is 0 Å². The van der Waals surface area contributed by atoms with Crippen LogP contribution in [0.15, 0.2) is 0 Å². The van der Waals surface area contributed by atoms with Crippen molar-refractivity contribution in [3.8, 4) is 6.07 Å². The number of hydrogen-bond acceptors (Lipinski definition) is 4. The van der Waals surface area contributed by atoms with Gasteiger partial charge in [-0.25, -0.2) is 0 Å². The molecule has 1 saturated carbocycles. The Balaban J connectivity index is 2.71. The zero-order valence-corrected chi connectivity index (χ0v) is 6.74. The maximum absolute atomic E-state index is 11.0. The van der Waals surface area contributed by atoms with Crippen LogP contribution in [0, 0.1) is 23.2 Å². The van der Waals surface area contributed by atoms with E-state index in [1.165, 1.54) is 7.11 Å². The summed E-state index contributed by atoms with van der Waals surface area (Å²) in [5.41, 5.74) is 0. The Labute approximate surface area is 70.1 Å². The summed E-state index contributed by atoms with van der Waals surface area (Å²) in [6, 6.07) is 1.94. The highest BCUT2D eigenvalue weighted by molar-refractivity contribution is 5.89. The molecule has 0 bridgehead atoms. The minimum atomic E-state index is -0.535. The molecule has 64 valence electrons. The summed E-state index contributed by atoms with van der Waals surface area (Å²) in [5.74, 6) is -1.50. The summed E-state index contributed by atoms with van der Waals surface area (Å²) in [4.78, 5) is 21.9. The Hall–Kier alpha value is -1.37. The van der Waals surface area contributed by atoms with Gasteiger partial charge in [-0.3, -0.25) is 9.59 Å². The highest BCUT2D eigenvalue weighted by Gasteiger charge is 2.38. The second kappa shape index (κ2) is 3.35. The zero-order chi connectivity index (χ0) is 9.14. The molecular formula is C8H9NO3. The third-order valence-electron chi connectivity index (χ3n) is 2.05. The molecule has 0 spiro atoms. The predicted octanol–water partition coefficient (Wildman–Crippen LogP) is 0.278. The van der Waals surface area contributed by atoms with Gasteiger partial charge >= 0.3 is 5.97 Å². The first-order chi connectivity index (χ1) is 5.69. The molecule has 0 saturated heterocycles. The average Bonchev–Trinajstić information content (AvgIpc) is 2.45. The fourth-order valence-corrected chi connectivity index (χ4v) is 1.39. The number of nitrogens with zero attached hydrogens (tertiary/aromatic N) is 1. The molecule has 4 heteroatoms. The highest BCUT2D eigenvalue weighted by atomic mass is 16.5.